The summed E-state index contributed by atoms with van der Waals surface area (Å²) >= 11 is 1.41. The molecule has 0 radical (unpaired) electrons. The summed E-state index contributed by atoms with van der Waals surface area (Å²) in [5.41, 5.74) is 0.420. The number of amides is 2. The lowest BCUT2D eigenvalue weighted by Gasteiger charge is -2.39. The molecule has 1 aliphatic carbocycles. The Morgan fingerprint density at radius 1 is 1.07 bits per heavy atom. The summed E-state index contributed by atoms with van der Waals surface area (Å²) in [6.45, 7) is 8.03. The van der Waals surface area contributed by atoms with Crippen molar-refractivity contribution in [2.75, 3.05) is 26.2 Å². The van der Waals surface area contributed by atoms with Crippen LogP contribution in [0.4, 0.5) is 0 Å². The van der Waals surface area contributed by atoms with E-state index in [0.29, 0.717) is 37.4 Å². The Balaban J connectivity index is 1.33. The van der Waals surface area contributed by atoms with Crippen LogP contribution in [0.5, 0.6) is 0 Å². The van der Waals surface area contributed by atoms with Crippen LogP contribution < -0.4 is 0 Å². The molecule has 2 heterocycles. The molecule has 4 rings (SSSR count). The number of tetrazole rings is 1. The molecular formula is C21H28N6O2S. The van der Waals surface area contributed by atoms with Crippen LogP contribution in [0.1, 0.15) is 45.2 Å². The summed E-state index contributed by atoms with van der Waals surface area (Å²) < 4.78 is 1.83. The summed E-state index contributed by atoms with van der Waals surface area (Å²) in [5, 5.41) is 12.3. The number of nitrogens with zero attached hydrogens (tertiary/aromatic N) is 6. The standard InChI is InChI=1S/C21H28N6O2S/c1-15(30-20-22-23-24-27(20)17-9-10-17)18(28)25-11-13-26(14-12-25)19(29)21(2,3)16-7-5-4-6-8-16/h4-8,15,17H,9-14H2,1-3H3. The first-order chi connectivity index (χ1) is 14.4. The molecule has 0 spiro atoms. The molecule has 1 atom stereocenters. The molecule has 9 heteroatoms. The smallest absolute Gasteiger partial charge is 0.236 e. The number of aromatic nitrogens is 4. The van der Waals surface area contributed by atoms with Crippen LogP contribution in [0.2, 0.25) is 0 Å². The highest BCUT2D eigenvalue weighted by Gasteiger charge is 2.36. The van der Waals surface area contributed by atoms with Gasteiger partial charge in [0.25, 0.3) is 0 Å². The third kappa shape index (κ3) is 4.21. The average Bonchev–Trinajstić information content (AvgIpc) is 3.52. The van der Waals surface area contributed by atoms with Gasteiger partial charge in [0.1, 0.15) is 0 Å². The van der Waals surface area contributed by atoms with Gasteiger partial charge in [-0.25, -0.2) is 4.68 Å². The van der Waals surface area contributed by atoms with Gasteiger partial charge < -0.3 is 9.80 Å². The lowest BCUT2D eigenvalue weighted by molar-refractivity contribution is -0.142. The average molecular weight is 429 g/mol. The number of hydrogen-bond donors (Lipinski definition) is 0. The number of hydrogen-bond acceptors (Lipinski definition) is 6. The fraction of sp³-hybridized carbons (Fsp3) is 0.571. The number of thioether (sulfide) groups is 1. The third-order valence-electron chi connectivity index (χ3n) is 5.89. The minimum atomic E-state index is -0.587. The summed E-state index contributed by atoms with van der Waals surface area (Å²) in [6, 6.07) is 10.2. The summed E-state index contributed by atoms with van der Waals surface area (Å²) in [6.07, 6.45) is 2.19. The first-order valence-corrected chi connectivity index (χ1v) is 11.3. The third-order valence-corrected chi connectivity index (χ3v) is 6.93. The van der Waals surface area contributed by atoms with Gasteiger partial charge in [-0.3, -0.25) is 9.59 Å². The van der Waals surface area contributed by atoms with E-state index >= 15 is 0 Å². The van der Waals surface area contributed by atoms with Crippen LogP contribution >= 0.6 is 11.8 Å². The molecular weight excluding hydrogens is 400 g/mol. The zero-order chi connectivity index (χ0) is 21.3. The Kier molecular flexibility index (Phi) is 5.81. The number of piperazine rings is 1. The van der Waals surface area contributed by atoms with Crippen molar-refractivity contribution in [2.45, 2.75) is 55.5 Å². The van der Waals surface area contributed by atoms with Crippen molar-refractivity contribution in [2.24, 2.45) is 0 Å². The predicted molar refractivity (Wildman–Crippen MR) is 114 cm³/mol. The second kappa shape index (κ2) is 8.37. The number of carbonyl (C=O) groups is 2. The molecule has 1 aliphatic heterocycles. The van der Waals surface area contributed by atoms with Crippen molar-refractivity contribution in [1.29, 1.82) is 0 Å². The second-order valence-corrected chi connectivity index (χ2v) is 9.81. The summed E-state index contributed by atoms with van der Waals surface area (Å²) in [4.78, 5) is 29.8. The predicted octanol–water partition coefficient (Wildman–Crippen LogP) is 2.14. The summed E-state index contributed by atoms with van der Waals surface area (Å²) in [5.74, 6) is 0.173. The zero-order valence-corrected chi connectivity index (χ0v) is 18.5. The largest absolute Gasteiger partial charge is 0.338 e. The van der Waals surface area contributed by atoms with Crippen LogP contribution in [0.15, 0.2) is 35.5 Å². The Hall–Kier alpha value is -2.42. The maximum absolute atomic E-state index is 13.1. The molecule has 1 aromatic carbocycles. The van der Waals surface area contributed by atoms with Crippen LogP contribution in [0.25, 0.3) is 0 Å². The number of carbonyl (C=O) groups excluding carboxylic acids is 2. The van der Waals surface area contributed by atoms with Gasteiger partial charge in [-0.15, -0.1) is 5.10 Å². The first kappa shape index (κ1) is 20.8. The maximum Gasteiger partial charge on any atom is 0.236 e. The molecule has 2 aromatic rings. The number of rotatable bonds is 6. The van der Waals surface area contributed by atoms with Gasteiger partial charge in [-0.05, 0) is 49.6 Å². The Morgan fingerprint density at radius 2 is 1.70 bits per heavy atom. The molecule has 1 saturated heterocycles. The van der Waals surface area contributed by atoms with E-state index in [2.05, 4.69) is 15.5 Å². The van der Waals surface area contributed by atoms with E-state index in [1.165, 1.54) is 11.8 Å². The molecule has 0 N–H and O–H groups in total. The van der Waals surface area contributed by atoms with Crippen LogP contribution in [0, 0.1) is 0 Å². The molecule has 1 saturated carbocycles. The van der Waals surface area contributed by atoms with Crippen molar-refractivity contribution < 1.29 is 9.59 Å². The molecule has 0 bridgehead atoms. The van der Waals surface area contributed by atoms with Crippen molar-refractivity contribution in [3.05, 3.63) is 35.9 Å². The van der Waals surface area contributed by atoms with E-state index in [9.17, 15) is 9.59 Å². The van der Waals surface area contributed by atoms with Gasteiger partial charge >= 0.3 is 0 Å². The molecule has 30 heavy (non-hydrogen) atoms. The van der Waals surface area contributed by atoms with Gasteiger partial charge in [0.05, 0.1) is 16.7 Å². The quantitative estimate of drug-likeness (QED) is 0.656. The Labute approximate surface area is 181 Å². The zero-order valence-electron chi connectivity index (χ0n) is 17.7. The van der Waals surface area contributed by atoms with E-state index in [1.54, 1.807) is 0 Å². The molecule has 2 amide bonds. The van der Waals surface area contributed by atoms with E-state index < -0.39 is 5.41 Å². The topological polar surface area (TPSA) is 84.2 Å². The highest BCUT2D eigenvalue weighted by molar-refractivity contribution is 8.00. The lowest BCUT2D eigenvalue weighted by Crippen LogP contribution is -2.55. The lowest BCUT2D eigenvalue weighted by atomic mass is 9.83. The molecule has 1 unspecified atom stereocenters. The van der Waals surface area contributed by atoms with E-state index in [1.807, 2.05) is 65.6 Å². The van der Waals surface area contributed by atoms with Crippen molar-refractivity contribution >= 4 is 23.6 Å². The summed E-state index contributed by atoms with van der Waals surface area (Å²) in [7, 11) is 0. The Bertz CT molecular complexity index is 903. The first-order valence-electron chi connectivity index (χ1n) is 10.5. The molecule has 1 aromatic heterocycles. The van der Waals surface area contributed by atoms with Crippen LogP contribution in [-0.4, -0.2) is 73.3 Å². The van der Waals surface area contributed by atoms with Crippen molar-refractivity contribution in [3.63, 3.8) is 0 Å². The molecule has 2 fully saturated rings. The van der Waals surface area contributed by atoms with Gasteiger partial charge in [0, 0.05) is 26.2 Å². The number of benzene rings is 1. The van der Waals surface area contributed by atoms with Gasteiger partial charge in [-0.2, -0.15) is 0 Å². The fourth-order valence-electron chi connectivity index (χ4n) is 3.78. The molecule has 160 valence electrons. The highest BCUT2D eigenvalue weighted by Crippen LogP contribution is 2.37. The van der Waals surface area contributed by atoms with E-state index in [0.717, 1.165) is 18.4 Å². The normalized spacial score (nSPS) is 18.4. The SMILES string of the molecule is CC(Sc1nnnn1C1CC1)C(=O)N1CCN(C(=O)C(C)(C)c2ccccc2)CC1. The highest BCUT2D eigenvalue weighted by atomic mass is 32.2. The van der Waals surface area contributed by atoms with Gasteiger partial charge in [-0.1, -0.05) is 42.1 Å². The second-order valence-electron chi connectivity index (χ2n) is 8.51. The van der Waals surface area contributed by atoms with Crippen molar-refractivity contribution in [1.82, 2.24) is 30.0 Å². The fourth-order valence-corrected chi connectivity index (χ4v) is 4.72. The molecule has 2 aliphatic rings. The minimum absolute atomic E-state index is 0.0692. The van der Waals surface area contributed by atoms with Gasteiger partial charge in [0.15, 0.2) is 0 Å². The maximum atomic E-state index is 13.1. The van der Waals surface area contributed by atoms with Crippen molar-refractivity contribution in [3.8, 4) is 0 Å². The van der Waals surface area contributed by atoms with Gasteiger partial charge in [0.2, 0.25) is 17.0 Å². The van der Waals surface area contributed by atoms with E-state index in [4.69, 9.17) is 0 Å². The monoisotopic (exact) mass is 428 g/mol. The van der Waals surface area contributed by atoms with E-state index in [-0.39, 0.29) is 17.1 Å². The Morgan fingerprint density at radius 3 is 2.33 bits per heavy atom. The van der Waals surface area contributed by atoms with Crippen LogP contribution in [-0.2, 0) is 15.0 Å². The minimum Gasteiger partial charge on any atom is -0.338 e. The van der Waals surface area contributed by atoms with Crippen LogP contribution in [0.3, 0.4) is 0 Å². The molecule has 8 nitrogen and oxygen atoms in total.